The van der Waals surface area contributed by atoms with Crippen molar-refractivity contribution in [3.63, 3.8) is 0 Å². The van der Waals surface area contributed by atoms with Gasteiger partial charge in [-0.15, -0.1) is 11.6 Å². The normalized spacial score (nSPS) is 42.0. The lowest BCUT2D eigenvalue weighted by molar-refractivity contribution is -0.195. The van der Waals surface area contributed by atoms with Gasteiger partial charge in [0.05, 0.1) is 5.92 Å². The highest BCUT2D eigenvalue weighted by Gasteiger charge is 2.72. The monoisotopic (exact) mass is 504 g/mol. The molecule has 0 radical (unpaired) electrons. The maximum atomic E-state index is 13.8. The SMILES string of the molecule is CC(=O)O[C@]1(C(=O)COC(=O)C(C)C)[C@@H](C)C[C@H]2[C@@H]3CCC4=CC(=O)C=C[C@]4(C)[C@H]3[C@@H](Cl)C[C@@]21C. The molecule has 0 N–H and O–H groups in total. The molecule has 0 aromatic rings. The molecule has 0 heterocycles. The second-order valence-electron chi connectivity index (χ2n) is 11.8. The zero-order valence-corrected chi connectivity index (χ0v) is 22.3. The van der Waals surface area contributed by atoms with E-state index < -0.39 is 29.6 Å². The van der Waals surface area contributed by atoms with Crippen molar-refractivity contribution in [2.45, 2.75) is 78.2 Å². The fraction of sp³-hybridized carbons (Fsp3) is 0.714. The summed E-state index contributed by atoms with van der Waals surface area (Å²) in [6.45, 7) is 10.5. The maximum absolute atomic E-state index is 13.8. The number of carbonyl (C=O) groups is 4. The van der Waals surface area contributed by atoms with Crippen molar-refractivity contribution >= 4 is 35.1 Å². The molecule has 0 bridgehead atoms. The third-order valence-corrected chi connectivity index (χ3v) is 9.96. The predicted molar refractivity (Wildman–Crippen MR) is 131 cm³/mol. The van der Waals surface area contributed by atoms with Crippen LogP contribution in [0.25, 0.3) is 0 Å². The lowest BCUT2D eigenvalue weighted by Gasteiger charge is -2.60. The van der Waals surface area contributed by atoms with Gasteiger partial charge in [0.1, 0.15) is 0 Å². The average molecular weight is 505 g/mol. The van der Waals surface area contributed by atoms with Crippen LogP contribution in [0.15, 0.2) is 23.8 Å². The Morgan fingerprint density at radius 2 is 1.91 bits per heavy atom. The molecule has 7 heteroatoms. The predicted octanol–water partition coefficient (Wildman–Crippen LogP) is 4.83. The summed E-state index contributed by atoms with van der Waals surface area (Å²) in [6, 6.07) is 0. The van der Waals surface area contributed by atoms with E-state index in [1.54, 1.807) is 26.0 Å². The quantitative estimate of drug-likeness (QED) is 0.394. The van der Waals surface area contributed by atoms with Crippen LogP contribution in [0.5, 0.6) is 0 Å². The topological polar surface area (TPSA) is 86.7 Å². The maximum Gasteiger partial charge on any atom is 0.308 e. The van der Waals surface area contributed by atoms with E-state index in [1.165, 1.54) is 6.92 Å². The second-order valence-corrected chi connectivity index (χ2v) is 12.4. The van der Waals surface area contributed by atoms with E-state index in [9.17, 15) is 19.2 Å². The van der Waals surface area contributed by atoms with Crippen molar-refractivity contribution in [1.82, 2.24) is 0 Å². The van der Waals surface area contributed by atoms with Gasteiger partial charge in [-0.1, -0.05) is 46.3 Å². The van der Waals surface area contributed by atoms with E-state index in [2.05, 4.69) is 6.92 Å². The summed E-state index contributed by atoms with van der Waals surface area (Å²) in [7, 11) is 0. The Morgan fingerprint density at radius 1 is 1.23 bits per heavy atom. The molecule has 0 amide bonds. The Labute approximate surface area is 212 Å². The first-order chi connectivity index (χ1) is 16.3. The van der Waals surface area contributed by atoms with Gasteiger partial charge in [-0.3, -0.25) is 19.2 Å². The largest absolute Gasteiger partial charge is 0.457 e. The van der Waals surface area contributed by atoms with E-state index in [0.29, 0.717) is 6.42 Å². The third-order valence-electron chi connectivity index (χ3n) is 9.53. The standard InChI is InChI=1S/C28H37ClO6/c1-15(2)25(33)34-14-23(32)28(35-17(4)30)16(3)11-21-20-8-7-18-12-19(31)9-10-26(18,5)24(20)22(29)13-27(21,28)6/h9-10,12,15-16,20-22,24H,7-8,11,13-14H2,1-6H3/t16-,20-,21-,22-,24+,26-,27-,28-/m0/s1. The smallest absolute Gasteiger partial charge is 0.308 e. The number of carbonyl (C=O) groups excluding carboxylic acids is 4. The van der Waals surface area contributed by atoms with Gasteiger partial charge >= 0.3 is 11.9 Å². The number of ketones is 2. The number of halogens is 1. The molecule has 0 saturated heterocycles. The molecule has 0 aromatic heterocycles. The molecular weight excluding hydrogens is 468 g/mol. The molecule has 0 unspecified atom stereocenters. The molecule has 0 spiro atoms. The third kappa shape index (κ3) is 3.82. The van der Waals surface area contributed by atoms with Crippen LogP contribution in [-0.2, 0) is 28.7 Å². The first kappa shape index (κ1) is 26.1. The molecule has 8 atom stereocenters. The summed E-state index contributed by atoms with van der Waals surface area (Å²) < 4.78 is 11.3. The van der Waals surface area contributed by atoms with Gasteiger partial charge in [0, 0.05) is 29.0 Å². The van der Waals surface area contributed by atoms with Crippen LogP contribution in [0.2, 0.25) is 0 Å². The molecule has 4 rings (SSSR count). The fourth-order valence-corrected chi connectivity index (χ4v) is 8.85. The Kier molecular flexibility index (Phi) is 6.61. The minimum Gasteiger partial charge on any atom is -0.457 e. The number of alkyl halides is 1. The number of ether oxygens (including phenoxy) is 2. The number of rotatable bonds is 5. The highest BCUT2D eigenvalue weighted by molar-refractivity contribution is 6.21. The second kappa shape index (κ2) is 8.86. The molecule has 3 fully saturated rings. The van der Waals surface area contributed by atoms with Crippen molar-refractivity contribution < 1.29 is 28.7 Å². The first-order valence-corrected chi connectivity index (χ1v) is 13.2. The number of hydrogen-bond acceptors (Lipinski definition) is 6. The lowest BCUT2D eigenvalue weighted by atomic mass is 9.47. The van der Waals surface area contributed by atoms with Crippen LogP contribution >= 0.6 is 11.6 Å². The van der Waals surface area contributed by atoms with Crippen molar-refractivity contribution in [2.24, 2.45) is 40.4 Å². The minimum atomic E-state index is -1.41. The van der Waals surface area contributed by atoms with Crippen molar-refractivity contribution in [1.29, 1.82) is 0 Å². The van der Waals surface area contributed by atoms with E-state index in [-0.39, 0.29) is 51.9 Å². The minimum absolute atomic E-state index is 0.0209. The van der Waals surface area contributed by atoms with Gasteiger partial charge < -0.3 is 9.47 Å². The van der Waals surface area contributed by atoms with Crippen LogP contribution in [0.1, 0.15) is 67.2 Å². The first-order valence-electron chi connectivity index (χ1n) is 12.8. The van der Waals surface area contributed by atoms with Gasteiger partial charge in [-0.05, 0) is 55.6 Å². The zero-order chi connectivity index (χ0) is 25.9. The highest BCUT2D eigenvalue weighted by Crippen LogP contribution is 2.70. The van der Waals surface area contributed by atoms with E-state index >= 15 is 0 Å². The molecule has 4 aliphatic carbocycles. The molecule has 0 aromatic carbocycles. The Balaban J connectivity index is 1.73. The van der Waals surface area contributed by atoms with E-state index in [1.807, 2.05) is 19.9 Å². The van der Waals surface area contributed by atoms with Crippen LogP contribution in [0.4, 0.5) is 0 Å². The number of esters is 2. The van der Waals surface area contributed by atoms with Crippen LogP contribution in [0, 0.1) is 40.4 Å². The Bertz CT molecular complexity index is 1010. The molecule has 3 saturated carbocycles. The highest BCUT2D eigenvalue weighted by atomic mass is 35.5. The number of Topliss-reactive ketones (excluding diaryl/α,β-unsaturated/α-hetero) is 1. The number of fused-ring (bicyclic) bond motifs is 5. The molecule has 6 nitrogen and oxygen atoms in total. The Hall–Kier alpha value is -1.95. The van der Waals surface area contributed by atoms with Crippen LogP contribution in [0.3, 0.4) is 0 Å². The summed E-state index contributed by atoms with van der Waals surface area (Å²) in [5.41, 5.74) is -1.28. The van der Waals surface area contributed by atoms with Crippen LogP contribution < -0.4 is 0 Å². The molecular formula is C28H37ClO6. The molecule has 192 valence electrons. The summed E-state index contributed by atoms with van der Waals surface area (Å²) >= 11 is 7.19. The molecule has 35 heavy (non-hydrogen) atoms. The van der Waals surface area contributed by atoms with Crippen molar-refractivity contribution in [3.8, 4) is 0 Å². The van der Waals surface area contributed by atoms with E-state index in [4.69, 9.17) is 21.1 Å². The van der Waals surface area contributed by atoms with E-state index in [0.717, 1.165) is 24.8 Å². The van der Waals surface area contributed by atoms with Crippen molar-refractivity contribution in [2.75, 3.05) is 6.61 Å². The van der Waals surface area contributed by atoms with Crippen LogP contribution in [-0.4, -0.2) is 41.1 Å². The molecule has 0 aliphatic heterocycles. The summed E-state index contributed by atoms with van der Waals surface area (Å²) in [6.07, 6.45) is 8.32. The summed E-state index contributed by atoms with van der Waals surface area (Å²) in [5, 5.41) is -0.279. The lowest BCUT2D eigenvalue weighted by Crippen LogP contribution is -2.63. The van der Waals surface area contributed by atoms with Gasteiger partial charge in [0.25, 0.3) is 0 Å². The number of hydrogen-bond donors (Lipinski definition) is 0. The summed E-state index contributed by atoms with van der Waals surface area (Å²) in [5.74, 6) is -1.51. The Morgan fingerprint density at radius 3 is 2.54 bits per heavy atom. The van der Waals surface area contributed by atoms with Crippen molar-refractivity contribution in [3.05, 3.63) is 23.8 Å². The van der Waals surface area contributed by atoms with Gasteiger partial charge in [-0.2, -0.15) is 0 Å². The van der Waals surface area contributed by atoms with Gasteiger partial charge in [-0.25, -0.2) is 0 Å². The van der Waals surface area contributed by atoms with Gasteiger partial charge in [0.2, 0.25) is 5.78 Å². The summed E-state index contributed by atoms with van der Waals surface area (Å²) in [4.78, 5) is 50.4. The zero-order valence-electron chi connectivity index (χ0n) is 21.6. The molecule has 4 aliphatic rings. The average Bonchev–Trinajstić information content (AvgIpc) is 2.98. The fourth-order valence-electron chi connectivity index (χ4n) is 8.08. The van der Waals surface area contributed by atoms with Gasteiger partial charge in [0.15, 0.2) is 18.0 Å². The number of allylic oxidation sites excluding steroid dienone is 4.